The van der Waals surface area contributed by atoms with Crippen molar-refractivity contribution in [3.8, 4) is 0 Å². The van der Waals surface area contributed by atoms with Crippen molar-refractivity contribution in [1.29, 1.82) is 0 Å². The lowest BCUT2D eigenvalue weighted by molar-refractivity contribution is 0.0946. The van der Waals surface area contributed by atoms with Gasteiger partial charge in [0.05, 0.1) is 4.90 Å². The van der Waals surface area contributed by atoms with Gasteiger partial charge in [0.2, 0.25) is 0 Å². The number of likely N-dealkylation sites (tertiary alicyclic amines) is 1. The first kappa shape index (κ1) is 23.3. The summed E-state index contributed by atoms with van der Waals surface area (Å²) in [5.41, 5.74) is 2.60. The first-order valence-electron chi connectivity index (χ1n) is 10.8. The van der Waals surface area contributed by atoms with Gasteiger partial charge in [-0.15, -0.1) is 0 Å². The first-order chi connectivity index (χ1) is 14.6. The number of benzene rings is 2. The van der Waals surface area contributed by atoms with E-state index in [4.69, 9.17) is 0 Å². The molecule has 7 heteroatoms. The molecule has 0 bridgehead atoms. The second-order valence-corrected chi connectivity index (χ2v) is 10.7. The minimum atomic E-state index is -3.79. The lowest BCUT2D eigenvalue weighted by Crippen LogP contribution is -2.32. The Hall–Kier alpha value is -2.38. The highest BCUT2D eigenvalue weighted by atomic mass is 32.2. The van der Waals surface area contributed by atoms with E-state index < -0.39 is 10.0 Å². The molecule has 1 atom stereocenters. The molecule has 2 aromatic carbocycles. The summed E-state index contributed by atoms with van der Waals surface area (Å²) in [5, 5.41) is 3.01. The van der Waals surface area contributed by atoms with E-state index in [1.807, 2.05) is 19.9 Å². The molecular weight excluding hydrogens is 410 g/mol. The van der Waals surface area contributed by atoms with E-state index in [9.17, 15) is 13.2 Å². The predicted molar refractivity (Wildman–Crippen MR) is 125 cm³/mol. The van der Waals surface area contributed by atoms with Crippen molar-refractivity contribution in [2.75, 3.05) is 30.9 Å². The van der Waals surface area contributed by atoms with Gasteiger partial charge in [-0.2, -0.15) is 0 Å². The zero-order valence-corrected chi connectivity index (χ0v) is 19.6. The molecule has 1 aliphatic heterocycles. The van der Waals surface area contributed by atoms with Crippen LogP contribution in [0.1, 0.15) is 41.8 Å². The van der Waals surface area contributed by atoms with Crippen LogP contribution >= 0.6 is 0 Å². The summed E-state index contributed by atoms with van der Waals surface area (Å²) in [5.74, 6) is 0.833. The van der Waals surface area contributed by atoms with Crippen molar-refractivity contribution >= 4 is 21.6 Å². The van der Waals surface area contributed by atoms with Crippen LogP contribution in [-0.2, 0) is 10.0 Å². The standard InChI is InChI=1S/C24H33N3O3S/c1-17(2)15-27-11-10-20(16-27)14-25-24(28)23-13-22(9-8-19(23)4)31(29,30)26-21-7-5-6-18(3)12-21/h5-9,12-13,17,20,26H,10-11,14-16H2,1-4H3,(H,25,28). The third-order valence-corrected chi connectivity index (χ3v) is 6.96. The zero-order chi connectivity index (χ0) is 22.6. The topological polar surface area (TPSA) is 78.5 Å². The van der Waals surface area contributed by atoms with E-state index >= 15 is 0 Å². The van der Waals surface area contributed by atoms with Gasteiger partial charge in [-0.05, 0) is 74.0 Å². The highest BCUT2D eigenvalue weighted by molar-refractivity contribution is 7.92. The Morgan fingerprint density at radius 3 is 2.65 bits per heavy atom. The van der Waals surface area contributed by atoms with E-state index in [0.29, 0.717) is 29.6 Å². The molecule has 3 rings (SSSR count). The van der Waals surface area contributed by atoms with Gasteiger partial charge in [-0.3, -0.25) is 9.52 Å². The summed E-state index contributed by atoms with van der Waals surface area (Å²) in [6, 6.07) is 11.8. The Morgan fingerprint density at radius 1 is 1.16 bits per heavy atom. The van der Waals surface area contributed by atoms with Crippen molar-refractivity contribution in [1.82, 2.24) is 10.2 Å². The largest absolute Gasteiger partial charge is 0.352 e. The van der Waals surface area contributed by atoms with E-state index in [1.54, 1.807) is 24.3 Å². The molecule has 1 fully saturated rings. The molecular formula is C24H33N3O3S. The highest BCUT2D eigenvalue weighted by Gasteiger charge is 2.24. The lowest BCUT2D eigenvalue weighted by Gasteiger charge is -2.18. The summed E-state index contributed by atoms with van der Waals surface area (Å²) in [6.45, 7) is 11.9. The Balaban J connectivity index is 1.67. The molecule has 0 spiro atoms. The molecule has 6 nitrogen and oxygen atoms in total. The maximum atomic E-state index is 12.8. The van der Waals surface area contributed by atoms with E-state index in [-0.39, 0.29) is 10.8 Å². The summed E-state index contributed by atoms with van der Waals surface area (Å²) < 4.78 is 28.3. The van der Waals surface area contributed by atoms with Gasteiger partial charge < -0.3 is 10.2 Å². The van der Waals surface area contributed by atoms with Crippen LogP contribution in [0.3, 0.4) is 0 Å². The SMILES string of the molecule is Cc1cccc(NS(=O)(=O)c2ccc(C)c(C(=O)NCC3CCN(CC(C)C)C3)c2)c1. The number of nitrogens with one attached hydrogen (secondary N) is 2. The summed E-state index contributed by atoms with van der Waals surface area (Å²) in [4.78, 5) is 15.3. The molecule has 1 heterocycles. The molecule has 1 unspecified atom stereocenters. The molecule has 1 aliphatic rings. The third-order valence-electron chi connectivity index (χ3n) is 5.58. The van der Waals surface area contributed by atoms with Gasteiger partial charge in [-0.25, -0.2) is 8.42 Å². The van der Waals surface area contributed by atoms with Crippen LogP contribution in [0.2, 0.25) is 0 Å². The van der Waals surface area contributed by atoms with Gasteiger partial charge in [0.15, 0.2) is 0 Å². The molecule has 168 valence electrons. The zero-order valence-electron chi connectivity index (χ0n) is 18.8. The van der Waals surface area contributed by atoms with Crippen LogP contribution in [0.4, 0.5) is 5.69 Å². The molecule has 1 saturated heterocycles. The Kier molecular flexibility index (Phi) is 7.38. The molecule has 0 aliphatic carbocycles. The number of hydrogen-bond acceptors (Lipinski definition) is 4. The molecule has 0 saturated carbocycles. The van der Waals surface area contributed by atoms with Gasteiger partial charge in [0, 0.05) is 30.9 Å². The van der Waals surface area contributed by atoms with Crippen molar-refractivity contribution in [3.05, 3.63) is 59.2 Å². The van der Waals surface area contributed by atoms with Gasteiger partial charge >= 0.3 is 0 Å². The maximum absolute atomic E-state index is 12.8. The number of carbonyl (C=O) groups excluding carboxylic acids is 1. The van der Waals surface area contributed by atoms with Gasteiger partial charge in [-0.1, -0.05) is 32.0 Å². The van der Waals surface area contributed by atoms with Crippen molar-refractivity contribution < 1.29 is 13.2 Å². The summed E-state index contributed by atoms with van der Waals surface area (Å²) in [6.07, 6.45) is 1.07. The van der Waals surface area contributed by atoms with Crippen molar-refractivity contribution in [3.63, 3.8) is 0 Å². The molecule has 2 aromatic rings. The summed E-state index contributed by atoms with van der Waals surface area (Å²) in [7, 11) is -3.79. The number of nitrogens with zero attached hydrogens (tertiary/aromatic N) is 1. The third kappa shape index (κ3) is 6.31. The second-order valence-electron chi connectivity index (χ2n) is 8.97. The van der Waals surface area contributed by atoms with Crippen LogP contribution in [0.25, 0.3) is 0 Å². The van der Waals surface area contributed by atoms with Crippen LogP contribution in [0.5, 0.6) is 0 Å². The molecule has 2 N–H and O–H groups in total. The molecule has 0 radical (unpaired) electrons. The van der Waals surface area contributed by atoms with Crippen molar-refractivity contribution in [2.45, 2.75) is 39.0 Å². The van der Waals surface area contributed by atoms with E-state index in [2.05, 4.69) is 28.8 Å². The quantitative estimate of drug-likeness (QED) is 0.650. The fourth-order valence-corrected chi connectivity index (χ4v) is 5.10. The average molecular weight is 444 g/mol. The normalized spacial score (nSPS) is 17.1. The number of rotatable bonds is 8. The number of sulfonamides is 1. The van der Waals surface area contributed by atoms with Gasteiger partial charge in [0.1, 0.15) is 0 Å². The lowest BCUT2D eigenvalue weighted by atomic mass is 10.1. The van der Waals surface area contributed by atoms with Crippen LogP contribution in [-0.4, -0.2) is 45.4 Å². The Bertz CT molecular complexity index is 1030. The van der Waals surface area contributed by atoms with E-state index in [1.165, 1.54) is 12.1 Å². The van der Waals surface area contributed by atoms with Crippen LogP contribution in [0.15, 0.2) is 47.4 Å². The predicted octanol–water partition coefficient (Wildman–Crippen LogP) is 3.81. The molecule has 1 amide bonds. The van der Waals surface area contributed by atoms with E-state index in [0.717, 1.165) is 37.2 Å². The minimum absolute atomic E-state index is 0.0775. The first-order valence-corrected chi connectivity index (χ1v) is 12.3. The fourth-order valence-electron chi connectivity index (χ4n) is 4.03. The number of anilines is 1. The van der Waals surface area contributed by atoms with Gasteiger partial charge in [0.25, 0.3) is 15.9 Å². The number of aryl methyl sites for hydroxylation is 2. The number of amides is 1. The minimum Gasteiger partial charge on any atom is -0.352 e. The maximum Gasteiger partial charge on any atom is 0.261 e. The van der Waals surface area contributed by atoms with Crippen LogP contribution < -0.4 is 10.0 Å². The Labute approximate surface area is 186 Å². The smallest absolute Gasteiger partial charge is 0.261 e. The van der Waals surface area contributed by atoms with Crippen molar-refractivity contribution in [2.24, 2.45) is 11.8 Å². The highest BCUT2D eigenvalue weighted by Crippen LogP contribution is 2.21. The number of carbonyl (C=O) groups is 1. The second kappa shape index (κ2) is 9.83. The van der Waals surface area contributed by atoms with Crippen LogP contribution in [0, 0.1) is 25.7 Å². The monoisotopic (exact) mass is 443 g/mol. The Morgan fingerprint density at radius 2 is 1.94 bits per heavy atom. The summed E-state index contributed by atoms with van der Waals surface area (Å²) >= 11 is 0. The number of hydrogen-bond donors (Lipinski definition) is 2. The molecule has 31 heavy (non-hydrogen) atoms. The molecule has 0 aromatic heterocycles. The fraction of sp³-hybridized carbons (Fsp3) is 0.458. The average Bonchev–Trinajstić information content (AvgIpc) is 3.12.